The molecule has 0 aromatic carbocycles. The predicted octanol–water partition coefficient (Wildman–Crippen LogP) is 6.09. The van der Waals surface area contributed by atoms with Crippen LogP contribution in [0.5, 0.6) is 0 Å². The fraction of sp³-hybridized carbons (Fsp3) is 0.861. The lowest BCUT2D eigenvalue weighted by Gasteiger charge is -2.20. The van der Waals surface area contributed by atoms with Crippen molar-refractivity contribution in [1.82, 2.24) is 0 Å². The summed E-state index contributed by atoms with van der Waals surface area (Å²) in [5.41, 5.74) is 0. The molecule has 0 aromatic heterocycles. The fourth-order valence-electron chi connectivity index (χ4n) is 6.08. The zero-order valence-corrected chi connectivity index (χ0v) is 31.0. The molecule has 0 amide bonds. The Hall–Kier alpha value is -1.66. The van der Waals surface area contributed by atoms with Crippen LogP contribution in [0.3, 0.4) is 0 Å². The number of Topliss-reactive ketones (excluding diaryl/α,β-unsaturated/α-hetero) is 1. The lowest BCUT2D eigenvalue weighted by Crippen LogP contribution is -2.29. The quantitative estimate of drug-likeness (QED) is 0.0258. The van der Waals surface area contributed by atoms with Gasteiger partial charge in [0.05, 0.1) is 24.9 Å². The van der Waals surface area contributed by atoms with Gasteiger partial charge in [-0.3, -0.25) is 18.9 Å². The molecule has 1 aliphatic carbocycles. The minimum absolute atomic E-state index is 0.0647. The van der Waals surface area contributed by atoms with Crippen LogP contribution < -0.4 is 0 Å². The average Bonchev–Trinajstić information content (AvgIpc) is 3.29. The Bertz CT molecular complexity index is 997. The monoisotopic (exact) mass is 720 g/mol. The number of carbonyl (C=O) groups excluding carboxylic acids is 3. The van der Waals surface area contributed by atoms with E-state index in [1.54, 1.807) is 12.2 Å². The summed E-state index contributed by atoms with van der Waals surface area (Å²) in [5.74, 6) is -1.47. The Kier molecular flexibility index (Phi) is 24.2. The van der Waals surface area contributed by atoms with Gasteiger partial charge in [0.1, 0.15) is 12.4 Å². The second-order valence-corrected chi connectivity index (χ2v) is 15.2. The largest absolute Gasteiger partial charge is 0.469 e. The molecule has 1 saturated carbocycles. The summed E-state index contributed by atoms with van der Waals surface area (Å²) in [4.78, 5) is 55.5. The molecule has 0 heterocycles. The summed E-state index contributed by atoms with van der Waals surface area (Å²) >= 11 is 0. The predicted molar refractivity (Wildman–Crippen MR) is 186 cm³/mol. The topological polar surface area (TPSA) is 197 Å². The van der Waals surface area contributed by atoms with Crippen molar-refractivity contribution in [2.45, 2.75) is 167 Å². The van der Waals surface area contributed by atoms with Gasteiger partial charge in [0.25, 0.3) is 0 Å². The Morgan fingerprint density at radius 3 is 2.04 bits per heavy atom. The fourth-order valence-corrected chi connectivity index (χ4v) is 6.44. The highest BCUT2D eigenvalue weighted by Gasteiger charge is 2.41. The normalized spacial score (nSPS) is 20.9. The van der Waals surface area contributed by atoms with Gasteiger partial charge in [0, 0.05) is 43.9 Å². The highest BCUT2D eigenvalue weighted by molar-refractivity contribution is 7.46. The second kappa shape index (κ2) is 26.2. The first-order valence-corrected chi connectivity index (χ1v) is 20.0. The maximum atomic E-state index is 12.7. The molecule has 1 fully saturated rings. The number of phosphoric ester groups is 1. The Balaban J connectivity index is 2.41. The van der Waals surface area contributed by atoms with E-state index in [0.717, 1.165) is 44.4 Å². The standard InChI is InChI=1S/C36H65O12P/c1-4-5-11-17-28(37)21-22-31-32(34(40)24-33(31)39)23-29(38)18-14-15-20-36(42)48-30(26-47-49(43,44)45)25-46-35(41)19-13-10-8-6-7-9-12-16-27(2)3/h21-22,27-28,30-34,37,39-40H,4-20,23-26H2,1-3H3,(H2,43,44,45)/b22-21+/t28-,30+,31+,32+,33+,34-/m0/s1. The molecular weight excluding hydrogens is 655 g/mol. The first-order chi connectivity index (χ1) is 23.2. The highest BCUT2D eigenvalue weighted by atomic mass is 31.2. The van der Waals surface area contributed by atoms with Crippen molar-refractivity contribution in [3.05, 3.63) is 12.2 Å². The van der Waals surface area contributed by atoms with Crippen LogP contribution in [0.15, 0.2) is 12.2 Å². The first kappa shape index (κ1) is 45.4. The SMILES string of the molecule is CCCCC[C@H](O)/C=C/[C@@H]1[C@@H](CC(=O)CCCCC(=O)O[C@H](COC(=O)CCCCCCCCCC(C)C)COP(=O)(O)O)[C@@H](O)C[C@H]1O. The van der Waals surface area contributed by atoms with Gasteiger partial charge in [-0.1, -0.05) is 97.1 Å². The van der Waals surface area contributed by atoms with Gasteiger partial charge in [0.2, 0.25) is 0 Å². The third kappa shape index (κ3) is 23.4. The minimum atomic E-state index is -4.85. The van der Waals surface area contributed by atoms with Gasteiger partial charge in [-0.05, 0) is 31.6 Å². The molecule has 0 radical (unpaired) electrons. The van der Waals surface area contributed by atoms with Crippen molar-refractivity contribution < 1.29 is 58.1 Å². The van der Waals surface area contributed by atoms with Crippen LogP contribution in [0, 0.1) is 17.8 Å². The highest BCUT2D eigenvalue weighted by Crippen LogP contribution is 2.37. The number of ketones is 1. The van der Waals surface area contributed by atoms with E-state index in [-0.39, 0.29) is 37.9 Å². The van der Waals surface area contributed by atoms with Crippen molar-refractivity contribution in [1.29, 1.82) is 0 Å². The molecule has 0 spiro atoms. The Morgan fingerprint density at radius 1 is 0.796 bits per heavy atom. The Morgan fingerprint density at radius 2 is 1.39 bits per heavy atom. The van der Waals surface area contributed by atoms with Crippen LogP contribution in [0.4, 0.5) is 0 Å². The molecule has 13 heteroatoms. The molecular formula is C36H65O12P. The molecule has 6 atom stereocenters. The molecule has 12 nitrogen and oxygen atoms in total. The average molecular weight is 721 g/mol. The van der Waals surface area contributed by atoms with E-state index in [1.807, 2.05) is 0 Å². The minimum Gasteiger partial charge on any atom is -0.462 e. The van der Waals surface area contributed by atoms with Crippen LogP contribution in [-0.2, 0) is 32.9 Å². The van der Waals surface area contributed by atoms with E-state index in [9.17, 15) is 34.3 Å². The van der Waals surface area contributed by atoms with Crippen molar-refractivity contribution >= 4 is 25.5 Å². The molecule has 0 aromatic rings. The maximum absolute atomic E-state index is 12.7. The van der Waals surface area contributed by atoms with Crippen LogP contribution in [0.1, 0.15) is 143 Å². The summed E-state index contributed by atoms with van der Waals surface area (Å²) in [6.07, 6.45) is 13.2. The number of aliphatic hydroxyl groups excluding tert-OH is 3. The first-order valence-electron chi connectivity index (χ1n) is 18.5. The van der Waals surface area contributed by atoms with Crippen LogP contribution in [-0.4, -0.2) is 80.5 Å². The number of carbonyl (C=O) groups is 3. The van der Waals surface area contributed by atoms with Crippen molar-refractivity contribution in [2.75, 3.05) is 13.2 Å². The van der Waals surface area contributed by atoms with E-state index in [1.165, 1.54) is 25.7 Å². The summed E-state index contributed by atoms with van der Waals surface area (Å²) in [5, 5.41) is 31.1. The number of rotatable bonds is 29. The van der Waals surface area contributed by atoms with Gasteiger partial charge in [-0.2, -0.15) is 0 Å². The number of phosphoric acid groups is 1. The third-order valence-corrected chi connectivity index (χ3v) is 9.43. The maximum Gasteiger partial charge on any atom is 0.469 e. The van der Waals surface area contributed by atoms with Crippen LogP contribution >= 0.6 is 7.82 Å². The number of unbranched alkanes of at least 4 members (excludes halogenated alkanes) is 9. The van der Waals surface area contributed by atoms with Crippen LogP contribution in [0.2, 0.25) is 0 Å². The van der Waals surface area contributed by atoms with Gasteiger partial charge >= 0.3 is 19.8 Å². The molecule has 1 rings (SSSR count). The lowest BCUT2D eigenvalue weighted by molar-refractivity contribution is -0.161. The van der Waals surface area contributed by atoms with E-state index in [4.69, 9.17) is 19.3 Å². The van der Waals surface area contributed by atoms with Crippen molar-refractivity contribution in [2.24, 2.45) is 17.8 Å². The van der Waals surface area contributed by atoms with Gasteiger partial charge in [-0.25, -0.2) is 4.57 Å². The Labute approximate surface area is 293 Å². The lowest BCUT2D eigenvalue weighted by atomic mass is 9.87. The number of ether oxygens (including phenoxy) is 2. The molecule has 0 saturated heterocycles. The molecule has 5 N–H and O–H groups in total. The number of hydrogen-bond donors (Lipinski definition) is 5. The summed E-state index contributed by atoms with van der Waals surface area (Å²) in [6, 6.07) is 0. The smallest absolute Gasteiger partial charge is 0.462 e. The summed E-state index contributed by atoms with van der Waals surface area (Å²) < 4.78 is 26.2. The van der Waals surface area contributed by atoms with Crippen molar-refractivity contribution in [3.8, 4) is 0 Å². The van der Waals surface area contributed by atoms with Gasteiger partial charge < -0.3 is 34.6 Å². The van der Waals surface area contributed by atoms with Gasteiger partial charge in [0.15, 0.2) is 6.10 Å². The van der Waals surface area contributed by atoms with E-state index >= 15 is 0 Å². The molecule has 49 heavy (non-hydrogen) atoms. The van der Waals surface area contributed by atoms with E-state index in [2.05, 4.69) is 25.3 Å². The number of hydrogen-bond acceptors (Lipinski definition) is 10. The van der Waals surface area contributed by atoms with Crippen LogP contribution in [0.25, 0.3) is 0 Å². The molecule has 0 bridgehead atoms. The molecule has 0 unspecified atom stereocenters. The molecule has 0 aliphatic heterocycles. The zero-order chi connectivity index (χ0) is 36.7. The zero-order valence-electron chi connectivity index (χ0n) is 30.1. The van der Waals surface area contributed by atoms with E-state index < -0.39 is 69.2 Å². The van der Waals surface area contributed by atoms with Crippen molar-refractivity contribution in [3.63, 3.8) is 0 Å². The molecule has 1 aliphatic rings. The van der Waals surface area contributed by atoms with Gasteiger partial charge in [-0.15, -0.1) is 0 Å². The summed E-state index contributed by atoms with van der Waals surface area (Å²) in [6.45, 7) is 5.47. The number of aliphatic hydroxyl groups is 3. The van der Waals surface area contributed by atoms with E-state index in [0.29, 0.717) is 25.7 Å². The molecule has 286 valence electrons. The third-order valence-electron chi connectivity index (χ3n) is 8.94. The number of esters is 2. The summed E-state index contributed by atoms with van der Waals surface area (Å²) in [7, 11) is -4.85. The second-order valence-electron chi connectivity index (χ2n) is 14.0.